The highest BCUT2D eigenvalue weighted by Crippen LogP contribution is 2.04. The second-order valence-electron chi connectivity index (χ2n) is 2.82. The molecule has 0 aromatic heterocycles. The van der Waals surface area contributed by atoms with Crippen LogP contribution in [0.3, 0.4) is 0 Å². The standard InChI is InChI=1S/C10H15NO2S/c1-13-14(12)9-5-8-11-10-6-3-2-4-7-10/h2-4,6-7,11H,5,8-9H2,1H3. The van der Waals surface area contributed by atoms with E-state index in [0.29, 0.717) is 5.75 Å². The van der Waals surface area contributed by atoms with Crippen molar-refractivity contribution in [2.75, 3.05) is 24.7 Å². The quantitative estimate of drug-likeness (QED) is 0.732. The smallest absolute Gasteiger partial charge is 0.155 e. The Kier molecular flexibility index (Phi) is 5.25. The van der Waals surface area contributed by atoms with E-state index in [1.165, 1.54) is 7.11 Å². The van der Waals surface area contributed by atoms with Gasteiger partial charge in [-0.3, -0.25) is 4.18 Å². The van der Waals surface area contributed by atoms with Crippen molar-refractivity contribution in [3.63, 3.8) is 0 Å². The molecule has 78 valence electrons. The minimum atomic E-state index is -1.12. The summed E-state index contributed by atoms with van der Waals surface area (Å²) in [6.45, 7) is 0.819. The number of nitrogens with one attached hydrogen (secondary N) is 1. The second-order valence-corrected chi connectivity index (χ2v) is 4.17. The van der Waals surface area contributed by atoms with Gasteiger partial charge in [0.25, 0.3) is 0 Å². The van der Waals surface area contributed by atoms with E-state index in [-0.39, 0.29) is 0 Å². The lowest BCUT2D eigenvalue weighted by atomic mass is 10.3. The van der Waals surface area contributed by atoms with Gasteiger partial charge in [0, 0.05) is 12.2 Å². The first-order valence-corrected chi connectivity index (χ1v) is 5.79. The van der Waals surface area contributed by atoms with Crippen molar-refractivity contribution in [3.05, 3.63) is 30.3 Å². The summed E-state index contributed by atoms with van der Waals surface area (Å²) in [6, 6.07) is 9.96. The van der Waals surface area contributed by atoms with Crippen LogP contribution in [0.4, 0.5) is 5.69 Å². The molecule has 0 saturated carbocycles. The summed E-state index contributed by atoms with van der Waals surface area (Å²) >= 11 is -1.12. The molecule has 0 bridgehead atoms. The zero-order valence-electron chi connectivity index (χ0n) is 8.23. The third-order valence-corrected chi connectivity index (χ3v) is 2.77. The molecule has 1 N–H and O–H groups in total. The molecule has 1 atom stereocenters. The van der Waals surface area contributed by atoms with Crippen molar-refractivity contribution in [1.29, 1.82) is 0 Å². The number of hydrogen-bond donors (Lipinski definition) is 1. The summed E-state index contributed by atoms with van der Waals surface area (Å²) in [5.74, 6) is 0.580. The van der Waals surface area contributed by atoms with Crippen LogP contribution in [0.25, 0.3) is 0 Å². The van der Waals surface area contributed by atoms with Crippen molar-refractivity contribution in [3.8, 4) is 0 Å². The summed E-state index contributed by atoms with van der Waals surface area (Å²) in [5.41, 5.74) is 1.09. The lowest BCUT2D eigenvalue weighted by Gasteiger charge is -2.04. The third-order valence-electron chi connectivity index (χ3n) is 1.78. The highest BCUT2D eigenvalue weighted by Gasteiger charge is 1.96. The largest absolute Gasteiger partial charge is 0.385 e. The zero-order chi connectivity index (χ0) is 10.2. The Morgan fingerprint density at radius 3 is 2.71 bits per heavy atom. The minimum Gasteiger partial charge on any atom is -0.385 e. The highest BCUT2D eigenvalue weighted by atomic mass is 32.2. The minimum absolute atomic E-state index is 0.580. The van der Waals surface area contributed by atoms with Crippen molar-refractivity contribution in [1.82, 2.24) is 0 Å². The van der Waals surface area contributed by atoms with Gasteiger partial charge in [0.05, 0.1) is 12.9 Å². The summed E-state index contributed by atoms with van der Waals surface area (Å²) in [4.78, 5) is 0. The van der Waals surface area contributed by atoms with Gasteiger partial charge in [0.15, 0.2) is 11.1 Å². The van der Waals surface area contributed by atoms with Gasteiger partial charge in [0.2, 0.25) is 0 Å². The Bertz CT molecular complexity index is 277. The Labute approximate surface area is 87.1 Å². The molecule has 0 heterocycles. The Morgan fingerprint density at radius 2 is 2.07 bits per heavy atom. The second kappa shape index (κ2) is 6.56. The lowest BCUT2D eigenvalue weighted by molar-refractivity contribution is 0.445. The molecule has 1 aromatic rings. The first-order chi connectivity index (χ1) is 6.83. The molecule has 0 aliphatic heterocycles. The predicted octanol–water partition coefficient (Wildman–Crippen LogP) is 1.80. The molecule has 0 aliphatic carbocycles. The number of rotatable bonds is 6. The van der Waals surface area contributed by atoms with E-state index in [9.17, 15) is 4.21 Å². The van der Waals surface area contributed by atoms with Crippen molar-refractivity contribution in [2.24, 2.45) is 0 Å². The van der Waals surface area contributed by atoms with Crippen LogP contribution in [0.2, 0.25) is 0 Å². The van der Waals surface area contributed by atoms with Crippen molar-refractivity contribution in [2.45, 2.75) is 6.42 Å². The Hall–Kier alpha value is -0.870. The summed E-state index contributed by atoms with van der Waals surface area (Å²) in [7, 11) is 1.46. The van der Waals surface area contributed by atoms with Gasteiger partial charge in [-0.2, -0.15) is 0 Å². The van der Waals surface area contributed by atoms with E-state index in [0.717, 1.165) is 18.7 Å². The fraction of sp³-hybridized carbons (Fsp3) is 0.400. The maximum absolute atomic E-state index is 10.9. The molecule has 0 amide bonds. The Morgan fingerprint density at radius 1 is 1.36 bits per heavy atom. The van der Waals surface area contributed by atoms with Gasteiger partial charge in [-0.25, -0.2) is 4.21 Å². The van der Waals surface area contributed by atoms with E-state index in [4.69, 9.17) is 0 Å². The molecular weight excluding hydrogens is 198 g/mol. The highest BCUT2D eigenvalue weighted by molar-refractivity contribution is 7.80. The molecule has 0 spiro atoms. The van der Waals surface area contributed by atoms with Crippen molar-refractivity contribution >= 4 is 16.8 Å². The molecule has 1 unspecified atom stereocenters. The molecule has 0 aliphatic rings. The van der Waals surface area contributed by atoms with E-state index in [1.807, 2.05) is 30.3 Å². The number of para-hydroxylation sites is 1. The summed E-state index contributed by atoms with van der Waals surface area (Å²) in [6.07, 6.45) is 0.843. The number of anilines is 1. The van der Waals surface area contributed by atoms with Gasteiger partial charge < -0.3 is 5.32 Å². The topological polar surface area (TPSA) is 38.3 Å². The van der Waals surface area contributed by atoms with Crippen LogP contribution in [-0.2, 0) is 15.3 Å². The van der Waals surface area contributed by atoms with E-state index < -0.39 is 11.1 Å². The number of hydrogen-bond acceptors (Lipinski definition) is 3. The maximum atomic E-state index is 10.9. The monoisotopic (exact) mass is 213 g/mol. The maximum Gasteiger partial charge on any atom is 0.155 e. The van der Waals surface area contributed by atoms with Gasteiger partial charge in [-0.1, -0.05) is 18.2 Å². The van der Waals surface area contributed by atoms with Crippen LogP contribution >= 0.6 is 0 Å². The first kappa shape index (κ1) is 11.2. The van der Waals surface area contributed by atoms with E-state index >= 15 is 0 Å². The van der Waals surface area contributed by atoms with Crippen LogP contribution in [0, 0.1) is 0 Å². The average molecular weight is 213 g/mol. The fourth-order valence-electron chi connectivity index (χ4n) is 1.06. The molecule has 4 heteroatoms. The molecule has 14 heavy (non-hydrogen) atoms. The average Bonchev–Trinajstić information content (AvgIpc) is 2.25. The molecule has 3 nitrogen and oxygen atoms in total. The molecule has 1 aromatic carbocycles. The van der Waals surface area contributed by atoms with Crippen LogP contribution in [0.1, 0.15) is 6.42 Å². The Balaban J connectivity index is 2.13. The third kappa shape index (κ3) is 4.39. The zero-order valence-corrected chi connectivity index (χ0v) is 9.05. The van der Waals surface area contributed by atoms with Crippen LogP contribution in [0.5, 0.6) is 0 Å². The molecular formula is C10H15NO2S. The molecule has 0 radical (unpaired) electrons. The van der Waals surface area contributed by atoms with Gasteiger partial charge in [-0.05, 0) is 18.6 Å². The predicted molar refractivity (Wildman–Crippen MR) is 59.6 cm³/mol. The number of benzene rings is 1. The van der Waals surface area contributed by atoms with Crippen LogP contribution in [0.15, 0.2) is 30.3 Å². The van der Waals surface area contributed by atoms with Crippen LogP contribution in [-0.4, -0.2) is 23.6 Å². The summed E-state index contributed by atoms with van der Waals surface area (Å²) in [5, 5.41) is 3.23. The SMILES string of the molecule is COS(=O)CCCNc1ccccc1. The molecule has 0 fully saturated rings. The lowest BCUT2D eigenvalue weighted by Crippen LogP contribution is -2.07. The first-order valence-electron chi connectivity index (χ1n) is 4.54. The molecule has 0 saturated heterocycles. The van der Waals surface area contributed by atoms with Crippen LogP contribution < -0.4 is 5.32 Å². The fourth-order valence-corrected chi connectivity index (χ4v) is 1.61. The van der Waals surface area contributed by atoms with Crippen molar-refractivity contribution < 1.29 is 8.39 Å². The summed E-state index contributed by atoms with van der Waals surface area (Å²) < 4.78 is 15.5. The normalized spacial score (nSPS) is 12.4. The van der Waals surface area contributed by atoms with Gasteiger partial charge >= 0.3 is 0 Å². The van der Waals surface area contributed by atoms with Gasteiger partial charge in [0.1, 0.15) is 0 Å². The van der Waals surface area contributed by atoms with Gasteiger partial charge in [-0.15, -0.1) is 0 Å². The molecule has 1 rings (SSSR count). The van der Waals surface area contributed by atoms with E-state index in [1.54, 1.807) is 0 Å². The van der Waals surface area contributed by atoms with E-state index in [2.05, 4.69) is 9.50 Å².